The highest BCUT2D eigenvalue weighted by molar-refractivity contribution is 6.35. The predicted molar refractivity (Wildman–Crippen MR) is 129 cm³/mol. The first-order valence-electron chi connectivity index (χ1n) is 11.6. The zero-order chi connectivity index (χ0) is 22.8. The van der Waals surface area contributed by atoms with Gasteiger partial charge in [-0.25, -0.2) is 4.68 Å². The second-order valence-corrected chi connectivity index (χ2v) is 10.8. The lowest BCUT2D eigenvalue weighted by atomic mass is 9.78. The van der Waals surface area contributed by atoms with Crippen LogP contribution >= 0.6 is 23.2 Å². The summed E-state index contributed by atoms with van der Waals surface area (Å²) in [4.78, 5) is 2.57. The fourth-order valence-corrected chi connectivity index (χ4v) is 5.54. The molecule has 2 aromatic rings. The van der Waals surface area contributed by atoms with Crippen molar-refractivity contribution in [3.63, 3.8) is 0 Å². The molecule has 1 saturated heterocycles. The van der Waals surface area contributed by atoms with Crippen molar-refractivity contribution >= 4 is 29.3 Å². The number of aromatic nitrogens is 4. The molecule has 4 rings (SSSR count). The summed E-state index contributed by atoms with van der Waals surface area (Å²) in [5.41, 5.74) is 0.696. The van der Waals surface area contributed by atoms with Gasteiger partial charge in [-0.05, 0) is 46.4 Å². The number of allylic oxidation sites excluding steroid dienone is 1. The monoisotopic (exact) mass is 477 g/mol. The van der Waals surface area contributed by atoms with E-state index >= 15 is 0 Å². The Balaban J connectivity index is 1.74. The summed E-state index contributed by atoms with van der Waals surface area (Å²) in [6, 6.07) is 5.54. The van der Waals surface area contributed by atoms with E-state index < -0.39 is 0 Å². The third kappa shape index (κ3) is 4.89. The Hall–Kier alpha value is -1.47. The molecular weight excluding hydrogens is 445 g/mol. The van der Waals surface area contributed by atoms with Crippen LogP contribution in [-0.4, -0.2) is 51.4 Å². The summed E-state index contributed by atoms with van der Waals surface area (Å²) >= 11 is 12.5. The van der Waals surface area contributed by atoms with E-state index in [0.29, 0.717) is 10.0 Å². The van der Waals surface area contributed by atoms with Crippen molar-refractivity contribution in [2.75, 3.05) is 26.3 Å². The molecule has 174 valence electrons. The smallest absolute Gasteiger partial charge is 0.172 e. The number of hydrogen-bond donors (Lipinski definition) is 0. The zero-order valence-corrected chi connectivity index (χ0v) is 20.7. The Labute approximate surface area is 200 Å². The standard InChI is InChI=1S/C24H33Cl2N5O/c1-23(2,3)21(10-8-18-7-9-19(25)17-20(18)26)31-22(27-28-29-31)24(11-5-4-6-12-24)30-13-15-32-16-14-30/h7-10,17,21H,4-6,11-16H2,1-3H3/b10-8+. The normalized spacial score (nSPS) is 21.2. The van der Waals surface area contributed by atoms with Crippen LogP contribution < -0.4 is 0 Å². The molecule has 2 heterocycles. The molecule has 8 heteroatoms. The molecule has 0 amide bonds. The molecule has 1 aliphatic heterocycles. The number of rotatable bonds is 5. The van der Waals surface area contributed by atoms with Crippen molar-refractivity contribution in [1.29, 1.82) is 0 Å². The second kappa shape index (κ2) is 9.80. The molecule has 2 fully saturated rings. The molecule has 0 bridgehead atoms. The van der Waals surface area contributed by atoms with Crippen molar-refractivity contribution in [3.8, 4) is 0 Å². The molecule has 1 atom stereocenters. The maximum absolute atomic E-state index is 6.43. The molecule has 1 aliphatic carbocycles. The third-order valence-corrected chi connectivity index (χ3v) is 7.34. The SMILES string of the molecule is CC(C)(C)C(/C=C/c1ccc(Cl)cc1Cl)n1nnnc1C1(N2CCOCC2)CCCCC1. The van der Waals surface area contributed by atoms with Crippen molar-refractivity contribution < 1.29 is 4.74 Å². The molecule has 1 saturated carbocycles. The summed E-state index contributed by atoms with van der Waals surface area (Å²) in [5.74, 6) is 0.978. The van der Waals surface area contributed by atoms with Gasteiger partial charge in [-0.3, -0.25) is 4.90 Å². The molecule has 1 unspecified atom stereocenters. The van der Waals surface area contributed by atoms with Crippen LogP contribution in [0.3, 0.4) is 0 Å². The molecule has 1 aromatic carbocycles. The summed E-state index contributed by atoms with van der Waals surface area (Å²) < 4.78 is 7.72. The van der Waals surface area contributed by atoms with Crippen LogP contribution in [0.2, 0.25) is 10.0 Å². The minimum atomic E-state index is -0.138. The van der Waals surface area contributed by atoms with Crippen LogP contribution in [0, 0.1) is 5.41 Å². The van der Waals surface area contributed by atoms with Gasteiger partial charge in [-0.15, -0.1) is 5.10 Å². The first-order chi connectivity index (χ1) is 15.3. The predicted octanol–water partition coefficient (Wildman–Crippen LogP) is 5.77. The van der Waals surface area contributed by atoms with Crippen LogP contribution in [-0.2, 0) is 10.3 Å². The van der Waals surface area contributed by atoms with Gasteiger partial charge in [0.25, 0.3) is 0 Å². The van der Waals surface area contributed by atoms with E-state index in [0.717, 1.165) is 50.5 Å². The molecule has 2 aliphatic rings. The Morgan fingerprint density at radius 1 is 1.09 bits per heavy atom. The van der Waals surface area contributed by atoms with Gasteiger partial charge in [0, 0.05) is 23.1 Å². The molecule has 1 aromatic heterocycles. The summed E-state index contributed by atoms with van der Waals surface area (Å²) in [6.45, 7) is 10.0. The van der Waals surface area contributed by atoms with Gasteiger partial charge in [0.15, 0.2) is 5.82 Å². The minimum Gasteiger partial charge on any atom is -0.379 e. The van der Waals surface area contributed by atoms with Crippen LogP contribution in [0.5, 0.6) is 0 Å². The molecule has 0 radical (unpaired) electrons. The summed E-state index contributed by atoms with van der Waals surface area (Å²) in [6.07, 6.45) is 10.0. The summed E-state index contributed by atoms with van der Waals surface area (Å²) in [7, 11) is 0. The van der Waals surface area contributed by atoms with E-state index in [2.05, 4.69) is 58.0 Å². The molecular formula is C24H33Cl2N5O. The largest absolute Gasteiger partial charge is 0.379 e. The van der Waals surface area contributed by atoms with Gasteiger partial charge >= 0.3 is 0 Å². The Morgan fingerprint density at radius 3 is 2.47 bits per heavy atom. The van der Waals surface area contributed by atoms with Crippen molar-refractivity contribution in [2.24, 2.45) is 5.41 Å². The van der Waals surface area contributed by atoms with Gasteiger partial charge in [0.05, 0.1) is 24.8 Å². The average molecular weight is 478 g/mol. The molecule has 0 N–H and O–H groups in total. The van der Waals surface area contributed by atoms with Gasteiger partial charge in [0.1, 0.15) is 0 Å². The van der Waals surface area contributed by atoms with E-state index in [-0.39, 0.29) is 17.0 Å². The maximum atomic E-state index is 6.43. The van der Waals surface area contributed by atoms with E-state index in [1.165, 1.54) is 19.3 Å². The molecule has 6 nitrogen and oxygen atoms in total. The summed E-state index contributed by atoms with van der Waals surface area (Å²) in [5, 5.41) is 14.6. The number of tetrazole rings is 1. The second-order valence-electron chi connectivity index (χ2n) is 9.97. The third-order valence-electron chi connectivity index (χ3n) is 6.78. The molecule has 32 heavy (non-hydrogen) atoms. The van der Waals surface area contributed by atoms with Crippen molar-refractivity contribution in [2.45, 2.75) is 64.5 Å². The van der Waals surface area contributed by atoms with E-state index in [4.69, 9.17) is 27.9 Å². The van der Waals surface area contributed by atoms with Crippen LogP contribution in [0.1, 0.15) is 70.3 Å². The highest BCUT2D eigenvalue weighted by Crippen LogP contribution is 2.44. The van der Waals surface area contributed by atoms with Gasteiger partial charge in [-0.2, -0.15) is 0 Å². The number of benzene rings is 1. The lowest BCUT2D eigenvalue weighted by molar-refractivity contribution is -0.0470. The number of nitrogens with zero attached hydrogens (tertiary/aromatic N) is 5. The van der Waals surface area contributed by atoms with E-state index in [9.17, 15) is 0 Å². The lowest BCUT2D eigenvalue weighted by Gasteiger charge is -2.47. The number of morpholine rings is 1. The number of ether oxygens (including phenoxy) is 1. The fourth-order valence-electron chi connectivity index (χ4n) is 5.07. The van der Waals surface area contributed by atoms with Crippen LogP contribution in [0.4, 0.5) is 0 Å². The number of halogens is 2. The van der Waals surface area contributed by atoms with Gasteiger partial charge < -0.3 is 4.74 Å². The van der Waals surface area contributed by atoms with Gasteiger partial charge in [0.2, 0.25) is 0 Å². The topological polar surface area (TPSA) is 56.1 Å². The highest BCUT2D eigenvalue weighted by atomic mass is 35.5. The maximum Gasteiger partial charge on any atom is 0.172 e. The fraction of sp³-hybridized carbons (Fsp3) is 0.625. The van der Waals surface area contributed by atoms with Crippen molar-refractivity contribution in [1.82, 2.24) is 25.1 Å². The quantitative estimate of drug-likeness (QED) is 0.546. The zero-order valence-electron chi connectivity index (χ0n) is 19.2. The van der Waals surface area contributed by atoms with Crippen LogP contribution in [0.15, 0.2) is 24.3 Å². The van der Waals surface area contributed by atoms with Crippen molar-refractivity contribution in [3.05, 3.63) is 45.7 Å². The Bertz CT molecular complexity index is 940. The van der Waals surface area contributed by atoms with E-state index in [1.54, 1.807) is 6.07 Å². The lowest BCUT2D eigenvalue weighted by Crippen LogP contribution is -2.54. The first-order valence-corrected chi connectivity index (χ1v) is 12.3. The highest BCUT2D eigenvalue weighted by Gasteiger charge is 2.45. The number of hydrogen-bond acceptors (Lipinski definition) is 5. The minimum absolute atomic E-state index is 0.0286. The van der Waals surface area contributed by atoms with Gasteiger partial charge in [-0.1, -0.05) is 81.5 Å². The molecule has 0 spiro atoms. The van der Waals surface area contributed by atoms with Crippen LogP contribution in [0.25, 0.3) is 6.08 Å². The first kappa shape index (κ1) is 23.7. The van der Waals surface area contributed by atoms with E-state index in [1.807, 2.05) is 12.1 Å². The average Bonchev–Trinajstić information content (AvgIpc) is 3.25. The Morgan fingerprint density at radius 2 is 1.81 bits per heavy atom. The Kier molecular flexibility index (Phi) is 7.25.